The van der Waals surface area contributed by atoms with Crippen molar-refractivity contribution < 1.29 is 101 Å². The third kappa shape index (κ3) is 20.1. The van der Waals surface area contributed by atoms with Gasteiger partial charge < -0.3 is 20.4 Å². The average Bonchev–Trinajstić information content (AvgIpc) is 1.54. The van der Waals surface area contributed by atoms with Gasteiger partial charge in [-0.3, -0.25) is 19.9 Å². The Morgan fingerprint density at radius 1 is 0.358 bits per heavy atom. The smallest absolute Gasteiger partial charge is 0.105 e. The summed E-state index contributed by atoms with van der Waals surface area (Å²) in [4.78, 5) is 36.6. The summed E-state index contributed by atoms with van der Waals surface area (Å²) in [6.07, 6.45) is 34.5. The fourth-order valence-corrected chi connectivity index (χ4v) is 20.9. The maximum Gasteiger partial charge on any atom is 0.105 e. The number of nitrogens with zero attached hydrogens (tertiary/aromatic N) is 8. The summed E-state index contributed by atoms with van der Waals surface area (Å²) in [6, 6.07) is 55.6. The molecule has 4 heterocycles. The molecule has 10 bridgehead atoms. The van der Waals surface area contributed by atoms with Gasteiger partial charge in [-0.15, -0.1) is 136 Å². The Bertz CT molecular complexity index is 4040. The quantitative estimate of drug-likeness (QED) is 0.0803. The average molecular weight is 2130 g/mol. The number of fused-ring (bicyclic) bond motifs is 11. The van der Waals surface area contributed by atoms with Gasteiger partial charge in [0.15, 0.2) is 0 Å². The molecule has 7 atom stereocenters. The first-order valence-electron chi connectivity index (χ1n) is 39.1. The molecule has 0 aliphatic heterocycles. The molecule has 4 N–H and O–H groups in total. The molecule has 5 aromatic carbocycles. The Balaban J connectivity index is 0.000000142. The van der Waals surface area contributed by atoms with E-state index in [1.54, 1.807) is 53.0 Å². The summed E-state index contributed by atoms with van der Waals surface area (Å²) in [5.74, 6) is 12.3. The molecule has 0 spiro atoms. The molecule has 19 rings (SSSR count). The number of aromatic nitrogens is 8. The van der Waals surface area contributed by atoms with Crippen molar-refractivity contribution in [1.29, 1.82) is 0 Å². The Hall–Kier alpha value is -4.88. The van der Waals surface area contributed by atoms with Crippen LogP contribution in [0, 0.1) is 90.4 Å². The van der Waals surface area contributed by atoms with Crippen molar-refractivity contribution in [1.82, 2.24) is 39.9 Å². The fourth-order valence-electron chi connectivity index (χ4n) is 20.9. The molecule has 10 aliphatic rings. The normalized spacial score (nSPS) is 27.8. The number of rotatable bonds is 13. The van der Waals surface area contributed by atoms with Gasteiger partial charge in [-0.05, 0) is 263 Å². The second-order valence-corrected chi connectivity index (χ2v) is 32.2. The fraction of sp³-hybridized carbons (Fsp3) is 0.511. The van der Waals surface area contributed by atoms with E-state index in [-0.39, 0.29) is 105 Å². The molecular weight excluding hydrogens is 2030 g/mol. The van der Waals surface area contributed by atoms with Crippen LogP contribution in [0.5, 0.6) is 0 Å². The summed E-state index contributed by atoms with van der Waals surface area (Å²) in [5, 5.41) is 36.7. The maximum absolute atomic E-state index is 8.56. The van der Waals surface area contributed by atoms with Crippen LogP contribution in [0.4, 0.5) is 0 Å². The zero-order chi connectivity index (χ0) is 70.2. The largest absolute Gasteiger partial charge is 0.393 e. The molecule has 10 aliphatic carbocycles. The Labute approximate surface area is 684 Å². The molecule has 4 aromatic heterocycles. The molecule has 106 heavy (non-hydrogen) atoms. The molecule has 12 nitrogen and oxygen atoms in total. The van der Waals surface area contributed by atoms with Crippen LogP contribution in [0.1, 0.15) is 232 Å². The standard InChI is InChI=1S/C24H27N2.C21H19N2.C18H19N2.C17H17N2.2C5H12O2.4Ir/c1-2-19(12-20(3-1)23-15-4-5-16(23)7-6-15)21-13-22(26-14-25-21)24-17-8-9-18(24)11-10-17;1-2-4-16-11-18(8-7-15(16)3-1)20-12-21(23-13-22-20)19-10-14-5-6-17(19)9-14;1-12-17(15-5-3-2-4-6-15)19-11-20-18(12)16-13-7-8-14(16)10-9-13;1-2-4-12(5-3-1)15-10-16(19-11-18-15)17-13-6-7-14(17)9-8-13;2*1-4(6)3-5(2)7;;;;/h1,3,12-18,23-24H,4-11H2;1-4,7,11-14,17,19H,5-6,9-10H2;2-5,11,13-14,16H,7-10H2,1H3;1-4,10-11,13-14,17H,6-9H2;2*4-7H,3H2,1-2H3;;;;/q4*-1;;;;;;. The zero-order valence-electron chi connectivity index (χ0n) is 62.1. The second kappa shape index (κ2) is 39.3. The van der Waals surface area contributed by atoms with Gasteiger partial charge in [-0.25, -0.2) is 19.9 Å². The maximum atomic E-state index is 8.56. The van der Waals surface area contributed by atoms with Gasteiger partial charge in [0.1, 0.15) is 25.3 Å². The number of aliphatic hydroxyl groups is 4. The van der Waals surface area contributed by atoms with E-state index in [0.717, 1.165) is 105 Å². The van der Waals surface area contributed by atoms with Gasteiger partial charge in [-0.1, -0.05) is 54.3 Å². The molecule has 0 amide bonds. The minimum atomic E-state index is -0.375. The van der Waals surface area contributed by atoms with Crippen LogP contribution >= 0.6 is 0 Å². The van der Waals surface area contributed by atoms with Gasteiger partial charge in [-0.2, -0.15) is 0 Å². The summed E-state index contributed by atoms with van der Waals surface area (Å²) < 4.78 is 0. The predicted octanol–water partition coefficient (Wildman–Crippen LogP) is 19.0. The van der Waals surface area contributed by atoms with Crippen LogP contribution in [0.2, 0.25) is 0 Å². The van der Waals surface area contributed by atoms with Gasteiger partial charge in [0, 0.05) is 127 Å². The van der Waals surface area contributed by atoms with Crippen molar-refractivity contribution in [2.75, 3.05) is 0 Å². The van der Waals surface area contributed by atoms with Crippen LogP contribution in [0.15, 0.2) is 147 Å². The summed E-state index contributed by atoms with van der Waals surface area (Å²) in [7, 11) is 0. The first-order valence-corrected chi connectivity index (χ1v) is 39.1. The van der Waals surface area contributed by atoms with Crippen molar-refractivity contribution in [3.05, 3.63) is 205 Å². The van der Waals surface area contributed by atoms with E-state index in [9.17, 15) is 0 Å². The SMILES string of the molecule is CC(O)CC(C)O.CC(O)CC(C)O.Cc1c(-c2[c-]cccc2)ncnc1C1C2CCC1CC2.[Ir].[Ir].[Ir].[Ir].[c-]1cc2ccccc2cc1-c1cc(C2CC3CCC2C3)ncn1.[c-]1ccc(C2C3CCC2CC3)cc1-c1cc(C2C3CCC2CC3)ncn1.[c-]1ccccc1-c1cc(C2C3CCC2CC3)ncn1. The molecule has 9 aromatic rings. The topological polar surface area (TPSA) is 184 Å². The Kier molecular flexibility index (Phi) is 31.0. The molecule has 10 fully saturated rings. The summed E-state index contributed by atoms with van der Waals surface area (Å²) in [6.45, 7) is 8.82. The molecule has 4 radical (unpaired) electrons. The second-order valence-electron chi connectivity index (χ2n) is 32.2. The van der Waals surface area contributed by atoms with Crippen LogP contribution < -0.4 is 0 Å². The van der Waals surface area contributed by atoms with E-state index in [0.29, 0.717) is 36.5 Å². The Morgan fingerprint density at radius 2 is 0.764 bits per heavy atom. The third-order valence-electron chi connectivity index (χ3n) is 25.4. The van der Waals surface area contributed by atoms with Crippen LogP contribution in [0.3, 0.4) is 0 Å². The molecular formula is C90H106Ir4N8O4-4. The molecule has 10 saturated carbocycles. The van der Waals surface area contributed by atoms with Gasteiger partial charge in [0.2, 0.25) is 0 Å². The zero-order valence-corrected chi connectivity index (χ0v) is 71.7. The van der Waals surface area contributed by atoms with Crippen molar-refractivity contribution in [2.24, 2.45) is 59.2 Å². The predicted molar refractivity (Wildman–Crippen MR) is 404 cm³/mol. The monoisotopic (exact) mass is 2130 g/mol. The van der Waals surface area contributed by atoms with Crippen molar-refractivity contribution in [3.63, 3.8) is 0 Å². The molecule has 7 unspecified atom stereocenters. The van der Waals surface area contributed by atoms with Gasteiger partial charge in [0.05, 0.1) is 24.4 Å². The van der Waals surface area contributed by atoms with Crippen molar-refractivity contribution >= 4 is 10.8 Å². The van der Waals surface area contributed by atoms with Crippen LogP contribution in [0.25, 0.3) is 55.8 Å². The van der Waals surface area contributed by atoms with Gasteiger partial charge in [0.25, 0.3) is 0 Å². The number of benzene rings is 5. The molecule has 0 saturated heterocycles. The Morgan fingerprint density at radius 3 is 1.22 bits per heavy atom. The van der Waals surface area contributed by atoms with Gasteiger partial charge >= 0.3 is 0 Å². The van der Waals surface area contributed by atoms with E-state index in [2.05, 4.69) is 151 Å². The van der Waals surface area contributed by atoms with Crippen molar-refractivity contribution in [2.45, 2.75) is 230 Å². The van der Waals surface area contributed by atoms with E-state index >= 15 is 0 Å². The van der Waals surface area contributed by atoms with Crippen LogP contribution in [-0.2, 0) is 80.4 Å². The molecule has 16 heteroatoms. The minimum absolute atomic E-state index is 0. The number of hydrogen-bond acceptors (Lipinski definition) is 12. The summed E-state index contributed by atoms with van der Waals surface area (Å²) >= 11 is 0. The number of hydrogen-bond donors (Lipinski definition) is 4. The first-order chi connectivity index (χ1) is 49.7. The van der Waals surface area contributed by atoms with E-state index in [1.165, 1.54) is 179 Å². The summed E-state index contributed by atoms with van der Waals surface area (Å²) in [5.41, 5.74) is 16.4. The number of aliphatic hydroxyl groups excluding tert-OH is 4. The van der Waals surface area contributed by atoms with E-state index < -0.39 is 0 Å². The third-order valence-corrected chi connectivity index (χ3v) is 25.4. The van der Waals surface area contributed by atoms with Crippen molar-refractivity contribution in [3.8, 4) is 45.0 Å². The van der Waals surface area contributed by atoms with Crippen LogP contribution in [-0.4, -0.2) is 84.7 Å². The first kappa shape index (κ1) is 83.6. The van der Waals surface area contributed by atoms with E-state index in [4.69, 9.17) is 25.4 Å². The minimum Gasteiger partial charge on any atom is -0.393 e. The van der Waals surface area contributed by atoms with E-state index in [1.807, 2.05) is 36.4 Å². The molecule has 570 valence electrons.